The zero-order valence-electron chi connectivity index (χ0n) is 13.7. The Bertz CT molecular complexity index is 1040. The Labute approximate surface area is 143 Å². The van der Waals surface area contributed by atoms with Crippen molar-refractivity contribution in [1.29, 1.82) is 0 Å². The fourth-order valence-corrected chi connectivity index (χ4v) is 2.60. The maximum atomic E-state index is 12.3. The molecule has 7 heteroatoms. The first-order valence-corrected chi connectivity index (χ1v) is 7.62. The van der Waals surface area contributed by atoms with E-state index in [0.29, 0.717) is 16.3 Å². The van der Waals surface area contributed by atoms with E-state index in [4.69, 9.17) is 0 Å². The third-order valence-corrected chi connectivity index (χ3v) is 3.83. The molecule has 2 amide bonds. The summed E-state index contributed by atoms with van der Waals surface area (Å²) in [6, 6.07) is 12.0. The lowest BCUT2D eigenvalue weighted by Crippen LogP contribution is -2.42. The SMILES string of the molecule is Cc1ccc(C(=O)NNC(=O)c2n[nH]c(=O)c3ccccc23)c(C)c1. The number of nitrogens with one attached hydrogen (secondary N) is 3. The van der Waals surface area contributed by atoms with Crippen molar-refractivity contribution in [2.45, 2.75) is 13.8 Å². The molecule has 0 aliphatic carbocycles. The van der Waals surface area contributed by atoms with Crippen LogP contribution in [0.1, 0.15) is 32.0 Å². The summed E-state index contributed by atoms with van der Waals surface area (Å²) in [4.78, 5) is 36.3. The van der Waals surface area contributed by atoms with E-state index in [-0.39, 0.29) is 11.3 Å². The summed E-state index contributed by atoms with van der Waals surface area (Å²) < 4.78 is 0. The Kier molecular flexibility index (Phi) is 4.30. The van der Waals surface area contributed by atoms with Crippen LogP contribution in [0.2, 0.25) is 0 Å². The number of aryl methyl sites for hydroxylation is 2. The number of benzene rings is 2. The Morgan fingerprint density at radius 3 is 2.36 bits per heavy atom. The zero-order chi connectivity index (χ0) is 18.0. The monoisotopic (exact) mass is 336 g/mol. The van der Waals surface area contributed by atoms with Gasteiger partial charge in [-0.3, -0.25) is 25.2 Å². The quantitative estimate of drug-likeness (QED) is 0.619. The van der Waals surface area contributed by atoms with Gasteiger partial charge in [0.1, 0.15) is 0 Å². The molecule has 0 radical (unpaired) electrons. The molecule has 0 fully saturated rings. The molecule has 3 aromatic rings. The molecule has 3 rings (SSSR count). The fourth-order valence-electron chi connectivity index (χ4n) is 2.60. The molecule has 126 valence electrons. The van der Waals surface area contributed by atoms with Crippen molar-refractivity contribution in [3.63, 3.8) is 0 Å². The molecule has 0 bridgehead atoms. The van der Waals surface area contributed by atoms with Crippen LogP contribution in [0.3, 0.4) is 0 Å². The van der Waals surface area contributed by atoms with E-state index in [1.54, 1.807) is 30.3 Å². The summed E-state index contributed by atoms with van der Waals surface area (Å²) in [5.41, 5.74) is 6.65. The van der Waals surface area contributed by atoms with E-state index in [2.05, 4.69) is 21.0 Å². The summed E-state index contributed by atoms with van der Waals surface area (Å²) in [5.74, 6) is -1.05. The molecule has 0 aliphatic rings. The first-order chi connectivity index (χ1) is 12.0. The van der Waals surface area contributed by atoms with Crippen molar-refractivity contribution in [3.05, 3.63) is 75.2 Å². The van der Waals surface area contributed by atoms with Gasteiger partial charge in [-0.15, -0.1) is 0 Å². The number of aromatic nitrogens is 2. The average molecular weight is 336 g/mol. The van der Waals surface area contributed by atoms with E-state index in [9.17, 15) is 14.4 Å². The Morgan fingerprint density at radius 1 is 0.960 bits per heavy atom. The van der Waals surface area contributed by atoms with Crippen LogP contribution < -0.4 is 16.4 Å². The first-order valence-electron chi connectivity index (χ1n) is 7.62. The summed E-state index contributed by atoms with van der Waals surface area (Å²) in [7, 11) is 0. The number of hydrazine groups is 1. The van der Waals surface area contributed by atoms with Gasteiger partial charge < -0.3 is 0 Å². The van der Waals surface area contributed by atoms with Gasteiger partial charge in [0.15, 0.2) is 5.69 Å². The molecular formula is C18H16N4O3. The highest BCUT2D eigenvalue weighted by atomic mass is 16.2. The van der Waals surface area contributed by atoms with Crippen LogP contribution in [0.25, 0.3) is 10.8 Å². The van der Waals surface area contributed by atoms with Gasteiger partial charge in [0.25, 0.3) is 17.4 Å². The minimum Gasteiger partial charge on any atom is -0.267 e. The van der Waals surface area contributed by atoms with Gasteiger partial charge in [-0.25, -0.2) is 5.10 Å². The van der Waals surface area contributed by atoms with Crippen molar-refractivity contribution in [2.24, 2.45) is 0 Å². The predicted molar refractivity (Wildman–Crippen MR) is 93.2 cm³/mol. The molecule has 25 heavy (non-hydrogen) atoms. The van der Waals surface area contributed by atoms with E-state index in [1.807, 2.05) is 26.0 Å². The van der Waals surface area contributed by atoms with E-state index in [1.165, 1.54) is 0 Å². The number of carbonyl (C=O) groups excluding carboxylic acids is 2. The predicted octanol–water partition coefficient (Wildman–Crippen LogP) is 1.61. The molecule has 0 saturated carbocycles. The highest BCUT2D eigenvalue weighted by Crippen LogP contribution is 2.12. The zero-order valence-corrected chi connectivity index (χ0v) is 13.7. The topological polar surface area (TPSA) is 104 Å². The van der Waals surface area contributed by atoms with Crippen LogP contribution in [-0.2, 0) is 0 Å². The smallest absolute Gasteiger partial charge is 0.267 e. The molecule has 0 spiro atoms. The summed E-state index contributed by atoms with van der Waals surface area (Å²) >= 11 is 0. The number of rotatable bonds is 2. The van der Waals surface area contributed by atoms with E-state index in [0.717, 1.165) is 11.1 Å². The lowest BCUT2D eigenvalue weighted by atomic mass is 10.1. The lowest BCUT2D eigenvalue weighted by Gasteiger charge is -2.10. The van der Waals surface area contributed by atoms with Crippen LogP contribution in [0.4, 0.5) is 0 Å². The molecule has 0 unspecified atom stereocenters. The van der Waals surface area contributed by atoms with Gasteiger partial charge in [-0.2, -0.15) is 5.10 Å². The van der Waals surface area contributed by atoms with Gasteiger partial charge in [-0.1, -0.05) is 35.9 Å². The van der Waals surface area contributed by atoms with Gasteiger partial charge in [0, 0.05) is 10.9 Å². The Morgan fingerprint density at radius 2 is 1.64 bits per heavy atom. The third kappa shape index (κ3) is 3.25. The lowest BCUT2D eigenvalue weighted by molar-refractivity contribution is 0.0844. The molecule has 0 saturated heterocycles. The van der Waals surface area contributed by atoms with Crippen molar-refractivity contribution in [2.75, 3.05) is 0 Å². The average Bonchev–Trinajstić information content (AvgIpc) is 2.60. The van der Waals surface area contributed by atoms with Crippen LogP contribution in [0.15, 0.2) is 47.3 Å². The highest BCUT2D eigenvalue weighted by molar-refractivity contribution is 6.06. The van der Waals surface area contributed by atoms with Crippen LogP contribution >= 0.6 is 0 Å². The molecule has 7 nitrogen and oxygen atoms in total. The van der Waals surface area contributed by atoms with Crippen LogP contribution in [0, 0.1) is 13.8 Å². The number of aromatic amines is 1. The molecule has 0 aliphatic heterocycles. The van der Waals surface area contributed by atoms with Gasteiger partial charge >= 0.3 is 0 Å². The molecule has 1 heterocycles. The number of hydrogen-bond donors (Lipinski definition) is 3. The fraction of sp³-hybridized carbons (Fsp3) is 0.111. The Hall–Kier alpha value is -3.48. The second kappa shape index (κ2) is 6.56. The number of carbonyl (C=O) groups is 2. The number of nitrogens with zero attached hydrogens (tertiary/aromatic N) is 1. The summed E-state index contributed by atoms with van der Waals surface area (Å²) in [6.07, 6.45) is 0. The number of hydrogen-bond acceptors (Lipinski definition) is 4. The molecule has 2 aromatic carbocycles. The maximum Gasteiger partial charge on any atom is 0.290 e. The van der Waals surface area contributed by atoms with Crippen molar-refractivity contribution in [1.82, 2.24) is 21.0 Å². The first kappa shape index (κ1) is 16.4. The Balaban J connectivity index is 1.80. The normalized spacial score (nSPS) is 10.5. The summed E-state index contributed by atoms with van der Waals surface area (Å²) in [6.45, 7) is 3.75. The molecule has 1 aromatic heterocycles. The maximum absolute atomic E-state index is 12.3. The van der Waals surface area contributed by atoms with E-state index >= 15 is 0 Å². The molecular weight excluding hydrogens is 320 g/mol. The van der Waals surface area contributed by atoms with E-state index < -0.39 is 11.8 Å². The van der Waals surface area contributed by atoms with Crippen molar-refractivity contribution >= 4 is 22.6 Å². The minimum atomic E-state index is -0.620. The number of amides is 2. The molecule has 3 N–H and O–H groups in total. The third-order valence-electron chi connectivity index (χ3n) is 3.83. The number of fused-ring (bicyclic) bond motifs is 1. The second-order valence-corrected chi connectivity index (χ2v) is 5.67. The molecule has 0 atom stereocenters. The van der Waals surface area contributed by atoms with Crippen molar-refractivity contribution < 1.29 is 9.59 Å². The standard InChI is InChI=1S/C18H16N4O3/c1-10-7-8-12(11(2)9-10)16(23)21-22-18(25)15-13-5-3-4-6-14(13)17(24)20-19-15/h3-9H,1-2H3,(H,20,24)(H,21,23)(H,22,25). The van der Waals surface area contributed by atoms with Crippen LogP contribution in [-0.4, -0.2) is 22.0 Å². The highest BCUT2D eigenvalue weighted by Gasteiger charge is 2.15. The van der Waals surface area contributed by atoms with Crippen LogP contribution in [0.5, 0.6) is 0 Å². The number of H-pyrrole nitrogens is 1. The second-order valence-electron chi connectivity index (χ2n) is 5.67. The van der Waals surface area contributed by atoms with Gasteiger partial charge in [-0.05, 0) is 31.5 Å². The minimum absolute atomic E-state index is 0.0242. The van der Waals surface area contributed by atoms with Gasteiger partial charge in [0.05, 0.1) is 5.39 Å². The van der Waals surface area contributed by atoms with Gasteiger partial charge in [0.2, 0.25) is 0 Å². The summed E-state index contributed by atoms with van der Waals surface area (Å²) in [5, 5.41) is 6.82. The van der Waals surface area contributed by atoms with Crippen molar-refractivity contribution in [3.8, 4) is 0 Å². The largest absolute Gasteiger partial charge is 0.290 e.